The van der Waals surface area contributed by atoms with E-state index >= 15 is 0 Å². The lowest BCUT2D eigenvalue weighted by molar-refractivity contribution is 0.152. The molecule has 0 saturated carbocycles. The third-order valence-corrected chi connectivity index (χ3v) is 2.79. The Morgan fingerprint density at radius 2 is 2.06 bits per heavy atom. The van der Waals surface area contributed by atoms with Crippen LogP contribution in [-0.4, -0.2) is 0 Å². The average molecular weight is 240 g/mol. The molecule has 0 bridgehead atoms. The summed E-state index contributed by atoms with van der Waals surface area (Å²) in [5.74, 6) is 0. The van der Waals surface area contributed by atoms with Crippen LogP contribution in [0.4, 0.5) is 25.8 Å². The van der Waals surface area contributed by atoms with E-state index in [1.165, 1.54) is 17.4 Å². The molecule has 0 atom stereocenters. The zero-order valence-electron chi connectivity index (χ0n) is 8.28. The second kappa shape index (κ2) is 4.49. The average Bonchev–Trinajstić information content (AvgIpc) is 2.73. The van der Waals surface area contributed by atoms with Gasteiger partial charge in [0.25, 0.3) is 6.43 Å². The smallest absolute Gasteiger partial charge is 0.265 e. The summed E-state index contributed by atoms with van der Waals surface area (Å²) in [5.41, 5.74) is 6.93. The molecule has 1 aromatic carbocycles. The van der Waals surface area contributed by atoms with Gasteiger partial charge in [-0.3, -0.25) is 0 Å². The maximum Gasteiger partial charge on any atom is 0.265 e. The lowest BCUT2D eigenvalue weighted by Crippen LogP contribution is -1.97. The highest BCUT2D eigenvalue weighted by Crippen LogP contribution is 2.31. The molecule has 1 heterocycles. The molecule has 0 aliphatic heterocycles. The van der Waals surface area contributed by atoms with Crippen LogP contribution in [0.25, 0.3) is 0 Å². The summed E-state index contributed by atoms with van der Waals surface area (Å²) in [6.45, 7) is 0. The van der Waals surface area contributed by atoms with Gasteiger partial charge in [0.1, 0.15) is 0 Å². The number of thiophene rings is 1. The number of hydrogen-bond acceptors (Lipinski definition) is 3. The Hall–Kier alpha value is -1.62. The van der Waals surface area contributed by atoms with Gasteiger partial charge in [0, 0.05) is 28.0 Å². The van der Waals surface area contributed by atoms with Crippen molar-refractivity contribution in [2.45, 2.75) is 6.43 Å². The van der Waals surface area contributed by atoms with Gasteiger partial charge in [-0.15, -0.1) is 0 Å². The molecule has 16 heavy (non-hydrogen) atoms. The van der Waals surface area contributed by atoms with Gasteiger partial charge in [-0.25, -0.2) is 8.78 Å². The summed E-state index contributed by atoms with van der Waals surface area (Å²) in [7, 11) is 0. The van der Waals surface area contributed by atoms with Crippen LogP contribution in [0.15, 0.2) is 35.0 Å². The van der Waals surface area contributed by atoms with Crippen LogP contribution < -0.4 is 11.1 Å². The van der Waals surface area contributed by atoms with Crippen molar-refractivity contribution in [1.29, 1.82) is 0 Å². The molecule has 3 N–H and O–H groups in total. The van der Waals surface area contributed by atoms with Crippen LogP contribution in [0.1, 0.15) is 12.0 Å². The monoisotopic (exact) mass is 240 g/mol. The highest BCUT2D eigenvalue weighted by atomic mass is 32.1. The first kappa shape index (κ1) is 10.9. The quantitative estimate of drug-likeness (QED) is 0.795. The van der Waals surface area contributed by atoms with E-state index in [4.69, 9.17) is 5.73 Å². The molecule has 0 saturated heterocycles. The van der Waals surface area contributed by atoms with Crippen LogP contribution in [0.5, 0.6) is 0 Å². The molecule has 5 heteroatoms. The largest absolute Gasteiger partial charge is 0.399 e. The fourth-order valence-corrected chi connectivity index (χ4v) is 1.95. The Morgan fingerprint density at radius 1 is 1.25 bits per heavy atom. The van der Waals surface area contributed by atoms with Gasteiger partial charge in [-0.1, -0.05) is 0 Å². The molecule has 2 nitrogen and oxygen atoms in total. The second-order valence-corrected chi connectivity index (χ2v) is 4.06. The van der Waals surface area contributed by atoms with Gasteiger partial charge in [0.2, 0.25) is 0 Å². The second-order valence-electron chi connectivity index (χ2n) is 3.28. The van der Waals surface area contributed by atoms with Crippen molar-refractivity contribution in [2.24, 2.45) is 0 Å². The molecule has 2 aromatic rings. The van der Waals surface area contributed by atoms with E-state index in [1.807, 2.05) is 16.8 Å². The van der Waals surface area contributed by atoms with Crippen LogP contribution in [0.3, 0.4) is 0 Å². The number of benzene rings is 1. The number of alkyl halides is 2. The van der Waals surface area contributed by atoms with Crippen LogP contribution >= 0.6 is 11.3 Å². The maximum absolute atomic E-state index is 12.7. The molecule has 0 spiro atoms. The first-order chi connectivity index (χ1) is 7.66. The topological polar surface area (TPSA) is 38.0 Å². The summed E-state index contributed by atoms with van der Waals surface area (Å²) in [6, 6.07) is 6.28. The van der Waals surface area contributed by atoms with E-state index in [0.717, 1.165) is 5.69 Å². The molecule has 2 rings (SSSR count). The van der Waals surface area contributed by atoms with Crippen molar-refractivity contribution in [1.82, 2.24) is 0 Å². The highest BCUT2D eigenvalue weighted by molar-refractivity contribution is 7.08. The Balaban J connectivity index is 2.33. The van der Waals surface area contributed by atoms with Crippen molar-refractivity contribution < 1.29 is 8.78 Å². The third kappa shape index (κ3) is 2.30. The molecule has 0 unspecified atom stereocenters. The maximum atomic E-state index is 12.7. The summed E-state index contributed by atoms with van der Waals surface area (Å²) in [5, 5.41) is 6.67. The lowest BCUT2D eigenvalue weighted by atomic mass is 10.1. The van der Waals surface area contributed by atoms with Gasteiger partial charge >= 0.3 is 0 Å². The third-order valence-electron chi connectivity index (χ3n) is 2.11. The molecule has 0 amide bonds. The Bertz CT molecular complexity index is 469. The summed E-state index contributed by atoms with van der Waals surface area (Å²) < 4.78 is 25.5. The number of halogens is 2. The lowest BCUT2D eigenvalue weighted by Gasteiger charge is -2.11. The van der Waals surface area contributed by atoms with Gasteiger partial charge in [0.05, 0.1) is 0 Å². The van der Waals surface area contributed by atoms with Crippen LogP contribution in [0.2, 0.25) is 0 Å². The first-order valence-corrected chi connectivity index (χ1v) is 5.58. The first-order valence-electron chi connectivity index (χ1n) is 4.63. The number of rotatable bonds is 3. The Labute approximate surface area is 95.7 Å². The van der Waals surface area contributed by atoms with E-state index in [1.54, 1.807) is 12.1 Å². The highest BCUT2D eigenvalue weighted by Gasteiger charge is 2.13. The Morgan fingerprint density at radius 3 is 2.69 bits per heavy atom. The van der Waals surface area contributed by atoms with Crippen molar-refractivity contribution in [3.8, 4) is 0 Å². The Kier molecular flexibility index (Phi) is 3.05. The van der Waals surface area contributed by atoms with Crippen LogP contribution in [0, 0.1) is 0 Å². The minimum atomic E-state index is -2.54. The van der Waals surface area contributed by atoms with Crippen molar-refractivity contribution in [3.63, 3.8) is 0 Å². The fourth-order valence-electron chi connectivity index (χ4n) is 1.37. The molecule has 84 valence electrons. The van der Waals surface area contributed by atoms with E-state index in [2.05, 4.69) is 5.32 Å². The zero-order valence-corrected chi connectivity index (χ0v) is 9.10. The minimum absolute atomic E-state index is 0.0776. The van der Waals surface area contributed by atoms with Crippen molar-refractivity contribution in [3.05, 3.63) is 40.6 Å². The van der Waals surface area contributed by atoms with Gasteiger partial charge < -0.3 is 11.1 Å². The predicted molar refractivity (Wildman–Crippen MR) is 63.4 cm³/mol. The van der Waals surface area contributed by atoms with E-state index in [9.17, 15) is 8.78 Å². The predicted octanol–water partition coefficient (Wildman–Crippen LogP) is 4.01. The number of anilines is 3. The van der Waals surface area contributed by atoms with Crippen LogP contribution in [-0.2, 0) is 0 Å². The van der Waals surface area contributed by atoms with E-state index in [-0.39, 0.29) is 5.56 Å². The summed E-state index contributed by atoms with van der Waals surface area (Å²) in [6.07, 6.45) is -2.54. The van der Waals surface area contributed by atoms with Crippen molar-refractivity contribution in [2.75, 3.05) is 11.1 Å². The molecule has 0 aliphatic rings. The number of nitrogen functional groups attached to an aromatic ring is 1. The minimum Gasteiger partial charge on any atom is -0.399 e. The summed E-state index contributed by atoms with van der Waals surface area (Å²) >= 11 is 1.50. The standard InChI is InChI=1S/C11H10F2N2S/c12-11(13)9-5-7(14)1-2-10(9)15-8-3-4-16-6-8/h1-6,11,15H,14H2. The molecule has 0 radical (unpaired) electrons. The molecule has 0 fully saturated rings. The molecule has 1 aromatic heterocycles. The number of nitrogens with two attached hydrogens (primary N) is 1. The normalized spacial score (nSPS) is 10.7. The molecule has 0 aliphatic carbocycles. The fraction of sp³-hybridized carbons (Fsp3) is 0.0909. The molecular weight excluding hydrogens is 230 g/mol. The number of nitrogens with one attached hydrogen (secondary N) is 1. The van der Waals surface area contributed by atoms with Gasteiger partial charge in [-0.2, -0.15) is 11.3 Å². The SMILES string of the molecule is Nc1ccc(Nc2ccsc2)c(C(F)F)c1. The number of hydrogen-bond donors (Lipinski definition) is 2. The summed E-state index contributed by atoms with van der Waals surface area (Å²) in [4.78, 5) is 0. The van der Waals surface area contributed by atoms with Gasteiger partial charge in [0.15, 0.2) is 0 Å². The van der Waals surface area contributed by atoms with Crippen molar-refractivity contribution >= 4 is 28.4 Å². The zero-order chi connectivity index (χ0) is 11.5. The van der Waals surface area contributed by atoms with Gasteiger partial charge in [-0.05, 0) is 29.6 Å². The van der Waals surface area contributed by atoms with E-state index < -0.39 is 6.43 Å². The van der Waals surface area contributed by atoms with E-state index in [0.29, 0.717) is 11.4 Å². The molecular formula is C11H10F2N2S.